The lowest BCUT2D eigenvalue weighted by Gasteiger charge is -2.20. The second-order valence-corrected chi connectivity index (χ2v) is 7.57. The first-order valence-corrected chi connectivity index (χ1v) is 10.6. The third-order valence-electron chi connectivity index (χ3n) is 5.48. The Balaban J connectivity index is 0.00000256. The van der Waals surface area contributed by atoms with E-state index in [9.17, 15) is 4.39 Å². The summed E-state index contributed by atoms with van der Waals surface area (Å²) < 4.78 is 16.2. The molecule has 30 heavy (non-hydrogen) atoms. The highest BCUT2D eigenvalue weighted by Gasteiger charge is 2.26. The van der Waals surface area contributed by atoms with Crippen molar-refractivity contribution in [2.45, 2.75) is 58.2 Å². The molecule has 2 aliphatic rings. The van der Waals surface area contributed by atoms with Gasteiger partial charge in [-0.3, -0.25) is 0 Å². The highest BCUT2D eigenvalue weighted by Crippen LogP contribution is 2.21. The Kier molecular flexibility index (Phi) is 8.23. The zero-order chi connectivity index (χ0) is 20.1. The van der Waals surface area contributed by atoms with Crippen molar-refractivity contribution in [1.29, 1.82) is 0 Å². The maximum absolute atomic E-state index is 14.0. The quantitative estimate of drug-likeness (QED) is 0.353. The van der Waals surface area contributed by atoms with Crippen molar-refractivity contribution < 1.29 is 4.39 Å². The van der Waals surface area contributed by atoms with E-state index in [2.05, 4.69) is 30.4 Å². The van der Waals surface area contributed by atoms with Crippen LogP contribution in [-0.2, 0) is 19.5 Å². The van der Waals surface area contributed by atoms with E-state index >= 15 is 0 Å². The van der Waals surface area contributed by atoms with Gasteiger partial charge in [0.25, 0.3) is 0 Å². The number of halogens is 2. The first-order valence-electron chi connectivity index (χ1n) is 10.6. The van der Waals surface area contributed by atoms with Crippen LogP contribution in [0.15, 0.2) is 23.3 Å². The molecule has 1 saturated heterocycles. The van der Waals surface area contributed by atoms with E-state index in [0.717, 1.165) is 50.1 Å². The molecule has 2 aromatic heterocycles. The third-order valence-corrected chi connectivity index (χ3v) is 5.48. The van der Waals surface area contributed by atoms with E-state index in [0.29, 0.717) is 18.9 Å². The van der Waals surface area contributed by atoms with Crippen molar-refractivity contribution in [3.05, 3.63) is 35.8 Å². The standard InChI is InChI=1S/C20H29FN8.HI/c1-2-22-20(24-13-18-27-26-17-8-4-3-5-11-29(17)18)25-15-9-12-28(14-15)19-16(21)7-6-10-23-19;/h6-7,10,15H,2-5,8-9,11-14H2,1H3,(H2,22,24,25);1H. The van der Waals surface area contributed by atoms with Crippen LogP contribution in [0.1, 0.15) is 44.3 Å². The molecule has 0 amide bonds. The number of hydrogen-bond donors (Lipinski definition) is 2. The number of nitrogens with zero attached hydrogens (tertiary/aromatic N) is 6. The topological polar surface area (TPSA) is 83.3 Å². The summed E-state index contributed by atoms with van der Waals surface area (Å²) in [4.78, 5) is 10.9. The highest BCUT2D eigenvalue weighted by molar-refractivity contribution is 14.0. The van der Waals surface area contributed by atoms with Gasteiger partial charge in [-0.15, -0.1) is 34.2 Å². The van der Waals surface area contributed by atoms with Crippen LogP contribution in [0.3, 0.4) is 0 Å². The van der Waals surface area contributed by atoms with Crippen LogP contribution in [-0.4, -0.2) is 51.4 Å². The van der Waals surface area contributed by atoms with Gasteiger partial charge in [-0.1, -0.05) is 6.42 Å². The Morgan fingerprint density at radius 1 is 1.27 bits per heavy atom. The van der Waals surface area contributed by atoms with E-state index in [4.69, 9.17) is 4.99 Å². The van der Waals surface area contributed by atoms with Crippen molar-refractivity contribution in [3.63, 3.8) is 0 Å². The van der Waals surface area contributed by atoms with Gasteiger partial charge < -0.3 is 20.1 Å². The molecule has 0 aromatic carbocycles. The number of aromatic nitrogens is 4. The van der Waals surface area contributed by atoms with Crippen LogP contribution >= 0.6 is 24.0 Å². The zero-order valence-corrected chi connectivity index (χ0v) is 19.7. The molecule has 0 radical (unpaired) electrons. The van der Waals surface area contributed by atoms with Gasteiger partial charge in [0.05, 0.1) is 0 Å². The monoisotopic (exact) mass is 528 g/mol. The number of guanidine groups is 1. The molecule has 8 nitrogen and oxygen atoms in total. The minimum Gasteiger partial charge on any atom is -0.357 e. The van der Waals surface area contributed by atoms with E-state index < -0.39 is 0 Å². The molecule has 0 spiro atoms. The average molecular weight is 528 g/mol. The first kappa shape index (κ1) is 22.7. The zero-order valence-electron chi connectivity index (χ0n) is 17.3. The normalized spacial score (nSPS) is 19.1. The predicted octanol–water partition coefficient (Wildman–Crippen LogP) is 2.49. The van der Waals surface area contributed by atoms with Crippen molar-refractivity contribution >= 4 is 35.8 Å². The van der Waals surface area contributed by atoms with Crippen LogP contribution in [0.5, 0.6) is 0 Å². The Bertz CT molecular complexity index is 855. The van der Waals surface area contributed by atoms with Gasteiger partial charge in [0.1, 0.15) is 12.4 Å². The van der Waals surface area contributed by atoms with E-state index in [1.54, 1.807) is 12.3 Å². The Morgan fingerprint density at radius 2 is 2.17 bits per heavy atom. The third kappa shape index (κ3) is 5.38. The van der Waals surface area contributed by atoms with Crippen molar-refractivity contribution in [1.82, 2.24) is 30.4 Å². The average Bonchev–Trinajstić information content (AvgIpc) is 3.27. The lowest BCUT2D eigenvalue weighted by atomic mass is 10.2. The fraction of sp³-hybridized carbons (Fsp3) is 0.600. The lowest BCUT2D eigenvalue weighted by molar-refractivity contribution is 0.602. The van der Waals surface area contributed by atoms with E-state index in [1.165, 1.54) is 25.3 Å². The van der Waals surface area contributed by atoms with Crippen LogP contribution in [0.25, 0.3) is 0 Å². The molecule has 10 heteroatoms. The number of nitrogens with one attached hydrogen (secondary N) is 2. The molecule has 0 saturated carbocycles. The van der Waals surface area contributed by atoms with Gasteiger partial charge >= 0.3 is 0 Å². The lowest BCUT2D eigenvalue weighted by Crippen LogP contribution is -2.44. The second-order valence-electron chi connectivity index (χ2n) is 7.57. The van der Waals surface area contributed by atoms with Gasteiger partial charge in [-0.25, -0.2) is 14.4 Å². The molecule has 0 bridgehead atoms. The summed E-state index contributed by atoms with van der Waals surface area (Å²) in [5, 5.41) is 15.5. The number of hydrogen-bond acceptors (Lipinski definition) is 5. The van der Waals surface area contributed by atoms with E-state index in [-0.39, 0.29) is 35.8 Å². The molecule has 2 aromatic rings. The molecular formula is C20H30FIN8. The summed E-state index contributed by atoms with van der Waals surface area (Å²) in [6, 6.07) is 3.26. The van der Waals surface area contributed by atoms with Gasteiger partial charge in [-0.05, 0) is 38.3 Å². The van der Waals surface area contributed by atoms with Gasteiger partial charge in [0.2, 0.25) is 0 Å². The number of rotatable bonds is 5. The van der Waals surface area contributed by atoms with Crippen molar-refractivity contribution in [2.75, 3.05) is 24.5 Å². The number of anilines is 1. The summed E-state index contributed by atoms with van der Waals surface area (Å²) >= 11 is 0. The van der Waals surface area contributed by atoms with Crippen LogP contribution in [0, 0.1) is 5.82 Å². The molecule has 2 N–H and O–H groups in total. The Hall–Kier alpha value is -1.98. The smallest absolute Gasteiger partial charge is 0.191 e. The minimum absolute atomic E-state index is 0. The molecular weight excluding hydrogens is 498 g/mol. The SMILES string of the molecule is CCNC(=NCc1nnc2n1CCCCC2)NC1CCN(c2ncccc2F)C1.I. The molecule has 1 unspecified atom stereocenters. The largest absolute Gasteiger partial charge is 0.357 e. The number of pyridine rings is 1. The summed E-state index contributed by atoms with van der Waals surface area (Å²) in [5.41, 5.74) is 0. The second kappa shape index (κ2) is 10.9. The maximum atomic E-state index is 14.0. The molecule has 4 rings (SSSR count). The van der Waals surface area contributed by atoms with Gasteiger partial charge in [0.15, 0.2) is 23.4 Å². The van der Waals surface area contributed by atoms with Crippen molar-refractivity contribution in [2.24, 2.45) is 4.99 Å². The Morgan fingerprint density at radius 3 is 3.00 bits per heavy atom. The minimum atomic E-state index is -0.277. The molecule has 0 aliphatic carbocycles. The summed E-state index contributed by atoms with van der Waals surface area (Å²) in [6.07, 6.45) is 7.12. The summed E-state index contributed by atoms with van der Waals surface area (Å²) in [5.74, 6) is 2.90. The fourth-order valence-electron chi connectivity index (χ4n) is 4.01. The summed E-state index contributed by atoms with van der Waals surface area (Å²) in [7, 11) is 0. The van der Waals surface area contributed by atoms with Crippen LogP contribution in [0.4, 0.5) is 10.2 Å². The Labute approximate surface area is 193 Å². The molecule has 1 fully saturated rings. The van der Waals surface area contributed by atoms with Crippen molar-refractivity contribution in [3.8, 4) is 0 Å². The van der Waals surface area contributed by atoms with Gasteiger partial charge in [0, 0.05) is 44.8 Å². The predicted molar refractivity (Wildman–Crippen MR) is 126 cm³/mol. The molecule has 2 aliphatic heterocycles. The number of aliphatic imine (C=N–C) groups is 1. The first-order chi connectivity index (χ1) is 14.2. The highest BCUT2D eigenvalue weighted by atomic mass is 127. The summed E-state index contributed by atoms with van der Waals surface area (Å²) in [6.45, 7) is 5.75. The maximum Gasteiger partial charge on any atom is 0.191 e. The van der Waals surface area contributed by atoms with Crippen LogP contribution in [0.2, 0.25) is 0 Å². The van der Waals surface area contributed by atoms with E-state index in [1.807, 2.05) is 11.8 Å². The molecule has 164 valence electrons. The number of fused-ring (bicyclic) bond motifs is 1. The molecule has 1 atom stereocenters. The van der Waals surface area contributed by atoms with Gasteiger partial charge in [-0.2, -0.15) is 0 Å². The number of aryl methyl sites for hydroxylation is 1. The fourth-order valence-corrected chi connectivity index (χ4v) is 4.01. The molecule has 4 heterocycles. The van der Waals surface area contributed by atoms with Crippen LogP contribution < -0.4 is 15.5 Å².